The Bertz CT molecular complexity index is 769. The number of hydrogen-bond donors (Lipinski definition) is 1. The van der Waals surface area contributed by atoms with E-state index in [1.54, 1.807) is 0 Å². The quantitative estimate of drug-likeness (QED) is 0.737. The van der Waals surface area contributed by atoms with E-state index >= 15 is 0 Å². The first-order valence-electron chi connectivity index (χ1n) is 8.02. The summed E-state index contributed by atoms with van der Waals surface area (Å²) >= 11 is 0. The van der Waals surface area contributed by atoms with Crippen LogP contribution in [0.4, 0.5) is 0 Å². The van der Waals surface area contributed by atoms with Crippen LogP contribution in [0, 0.1) is 0 Å². The smallest absolute Gasteiger partial charge is 0.124 e. The first-order valence-corrected chi connectivity index (χ1v) is 8.02. The molecule has 0 radical (unpaired) electrons. The van der Waals surface area contributed by atoms with Gasteiger partial charge in [-0.05, 0) is 42.8 Å². The third kappa shape index (κ3) is 3.88. The van der Waals surface area contributed by atoms with E-state index in [0.717, 1.165) is 24.5 Å². The number of rotatable bonds is 6. The van der Waals surface area contributed by atoms with E-state index in [9.17, 15) is 0 Å². The Morgan fingerprint density at radius 1 is 0.957 bits per heavy atom. The van der Waals surface area contributed by atoms with Gasteiger partial charge in [0, 0.05) is 24.8 Å². The summed E-state index contributed by atoms with van der Waals surface area (Å²) in [6, 6.07) is 18.6. The van der Waals surface area contributed by atoms with Crippen LogP contribution in [-0.4, -0.2) is 11.1 Å². The fourth-order valence-electron chi connectivity index (χ4n) is 2.68. The van der Waals surface area contributed by atoms with E-state index in [1.807, 2.05) is 24.4 Å². The minimum Gasteiger partial charge on any atom is -0.491 e. The molecule has 3 nitrogen and oxygen atoms in total. The number of pyridine rings is 1. The molecule has 0 bridgehead atoms. The molecule has 1 aromatic heterocycles. The largest absolute Gasteiger partial charge is 0.491 e. The number of nitrogens with zero attached hydrogens (tertiary/aromatic N) is 1. The molecule has 1 heterocycles. The molecule has 118 valence electrons. The molecule has 0 aliphatic heterocycles. The van der Waals surface area contributed by atoms with E-state index in [4.69, 9.17) is 4.74 Å². The molecule has 3 rings (SSSR count). The number of ether oxygens (including phenoxy) is 1. The highest BCUT2D eigenvalue weighted by atomic mass is 16.5. The van der Waals surface area contributed by atoms with Crippen molar-refractivity contribution in [3.63, 3.8) is 0 Å². The van der Waals surface area contributed by atoms with Gasteiger partial charge in [-0.3, -0.25) is 4.98 Å². The van der Waals surface area contributed by atoms with Crippen LogP contribution in [0.2, 0.25) is 0 Å². The maximum Gasteiger partial charge on any atom is 0.124 e. The summed E-state index contributed by atoms with van der Waals surface area (Å²) in [5.41, 5.74) is 2.24. The van der Waals surface area contributed by atoms with Crippen molar-refractivity contribution in [1.82, 2.24) is 10.3 Å². The van der Waals surface area contributed by atoms with Gasteiger partial charge >= 0.3 is 0 Å². The zero-order valence-corrected chi connectivity index (χ0v) is 13.6. The Hall–Kier alpha value is -2.39. The lowest BCUT2D eigenvalue weighted by molar-refractivity contribution is 0.240. The maximum absolute atomic E-state index is 6.00. The molecule has 0 unspecified atom stereocenters. The van der Waals surface area contributed by atoms with Crippen molar-refractivity contribution in [2.45, 2.75) is 33.0 Å². The van der Waals surface area contributed by atoms with Crippen LogP contribution < -0.4 is 10.1 Å². The summed E-state index contributed by atoms with van der Waals surface area (Å²) < 4.78 is 6.00. The Morgan fingerprint density at radius 2 is 1.78 bits per heavy atom. The molecule has 0 aliphatic rings. The Labute approximate surface area is 137 Å². The van der Waals surface area contributed by atoms with E-state index < -0.39 is 0 Å². The van der Waals surface area contributed by atoms with E-state index in [-0.39, 0.29) is 6.10 Å². The molecule has 2 aromatic carbocycles. The predicted molar refractivity (Wildman–Crippen MR) is 94.5 cm³/mol. The van der Waals surface area contributed by atoms with Gasteiger partial charge in [0.05, 0.1) is 11.8 Å². The van der Waals surface area contributed by atoms with Gasteiger partial charge in [0.15, 0.2) is 0 Å². The monoisotopic (exact) mass is 306 g/mol. The average Bonchev–Trinajstić information content (AvgIpc) is 2.57. The summed E-state index contributed by atoms with van der Waals surface area (Å²) in [5.74, 6) is 0.951. The molecule has 0 atom stereocenters. The molecule has 3 aromatic rings. The molecule has 0 amide bonds. The zero-order chi connectivity index (χ0) is 16.1. The van der Waals surface area contributed by atoms with Gasteiger partial charge in [-0.25, -0.2) is 0 Å². The van der Waals surface area contributed by atoms with Gasteiger partial charge in [0.25, 0.3) is 0 Å². The number of benzene rings is 2. The number of fused-ring (bicyclic) bond motifs is 1. The molecule has 0 spiro atoms. The van der Waals surface area contributed by atoms with Gasteiger partial charge in [-0.1, -0.05) is 36.4 Å². The number of nitrogens with one attached hydrogen (secondary N) is 1. The minimum absolute atomic E-state index is 0.158. The molecule has 3 heteroatoms. The molecule has 0 saturated heterocycles. The topological polar surface area (TPSA) is 34.1 Å². The number of hydrogen-bond acceptors (Lipinski definition) is 3. The predicted octanol–water partition coefficient (Wildman–Crippen LogP) is 4.31. The van der Waals surface area contributed by atoms with Crippen molar-refractivity contribution in [3.8, 4) is 5.75 Å². The molecule has 0 saturated carbocycles. The molecular formula is C20H22N2O. The Kier molecular flexibility index (Phi) is 4.89. The van der Waals surface area contributed by atoms with Gasteiger partial charge in [-0.15, -0.1) is 0 Å². The molecule has 0 aliphatic carbocycles. The summed E-state index contributed by atoms with van der Waals surface area (Å²) in [6.45, 7) is 5.60. The van der Waals surface area contributed by atoms with Crippen LogP contribution in [-0.2, 0) is 13.1 Å². The van der Waals surface area contributed by atoms with Crippen molar-refractivity contribution < 1.29 is 4.74 Å². The highest BCUT2D eigenvalue weighted by Crippen LogP contribution is 2.28. The lowest BCUT2D eigenvalue weighted by Crippen LogP contribution is -2.16. The van der Waals surface area contributed by atoms with E-state index in [2.05, 4.69) is 60.5 Å². The van der Waals surface area contributed by atoms with E-state index in [1.165, 1.54) is 16.3 Å². The van der Waals surface area contributed by atoms with Crippen molar-refractivity contribution >= 4 is 10.8 Å². The van der Waals surface area contributed by atoms with E-state index in [0.29, 0.717) is 0 Å². The van der Waals surface area contributed by atoms with Crippen molar-refractivity contribution in [2.24, 2.45) is 0 Å². The second-order valence-corrected chi connectivity index (χ2v) is 5.85. The summed E-state index contributed by atoms with van der Waals surface area (Å²) in [5, 5.41) is 5.95. The molecule has 0 fully saturated rings. The number of aromatic nitrogens is 1. The Morgan fingerprint density at radius 3 is 2.57 bits per heavy atom. The van der Waals surface area contributed by atoms with Crippen LogP contribution in [0.3, 0.4) is 0 Å². The maximum atomic E-state index is 6.00. The minimum atomic E-state index is 0.158. The summed E-state index contributed by atoms with van der Waals surface area (Å²) in [6.07, 6.45) is 1.98. The summed E-state index contributed by atoms with van der Waals surface area (Å²) in [7, 11) is 0. The van der Waals surface area contributed by atoms with Crippen LogP contribution >= 0.6 is 0 Å². The average molecular weight is 306 g/mol. The van der Waals surface area contributed by atoms with Crippen molar-refractivity contribution in [1.29, 1.82) is 0 Å². The zero-order valence-electron chi connectivity index (χ0n) is 13.6. The fraction of sp³-hybridized carbons (Fsp3) is 0.250. The van der Waals surface area contributed by atoms with Crippen LogP contribution in [0.5, 0.6) is 5.75 Å². The van der Waals surface area contributed by atoms with Crippen molar-refractivity contribution in [3.05, 3.63) is 72.1 Å². The molecule has 1 N–H and O–H groups in total. The van der Waals surface area contributed by atoms with Gasteiger partial charge in [0.1, 0.15) is 5.75 Å². The van der Waals surface area contributed by atoms with Crippen LogP contribution in [0.1, 0.15) is 25.1 Å². The molecule has 23 heavy (non-hydrogen) atoms. The third-order valence-electron chi connectivity index (χ3n) is 3.69. The van der Waals surface area contributed by atoms with Gasteiger partial charge in [-0.2, -0.15) is 0 Å². The highest BCUT2D eigenvalue weighted by Gasteiger charge is 2.10. The van der Waals surface area contributed by atoms with Gasteiger partial charge in [0.2, 0.25) is 0 Å². The first kappa shape index (κ1) is 15.5. The fourth-order valence-corrected chi connectivity index (χ4v) is 2.68. The second-order valence-electron chi connectivity index (χ2n) is 5.85. The third-order valence-corrected chi connectivity index (χ3v) is 3.69. The van der Waals surface area contributed by atoms with Crippen LogP contribution in [0.25, 0.3) is 10.8 Å². The lowest BCUT2D eigenvalue weighted by atomic mass is 10.0. The summed E-state index contributed by atoms with van der Waals surface area (Å²) in [4.78, 5) is 4.35. The first-order chi connectivity index (χ1) is 11.2. The lowest BCUT2D eigenvalue weighted by Gasteiger charge is -2.17. The Balaban J connectivity index is 1.84. The highest BCUT2D eigenvalue weighted by molar-refractivity contribution is 5.87. The van der Waals surface area contributed by atoms with Crippen molar-refractivity contribution in [2.75, 3.05) is 0 Å². The standard InChI is InChI=1S/C20H22N2O/c1-15(2)23-20-11-10-16-7-3-4-9-18(16)19(20)14-21-13-17-8-5-6-12-22-17/h3-12,15,21H,13-14H2,1-2H3. The normalized spacial score (nSPS) is 11.1. The van der Waals surface area contributed by atoms with Gasteiger partial charge < -0.3 is 10.1 Å². The van der Waals surface area contributed by atoms with Crippen LogP contribution in [0.15, 0.2) is 60.8 Å². The molecular weight excluding hydrogens is 284 g/mol. The SMILES string of the molecule is CC(C)Oc1ccc2ccccc2c1CNCc1ccccn1. The second kappa shape index (κ2) is 7.25.